The van der Waals surface area contributed by atoms with E-state index in [0.717, 1.165) is 48.0 Å². The fraction of sp³-hybridized carbons (Fsp3) is 0.526. The van der Waals surface area contributed by atoms with Gasteiger partial charge in [-0.05, 0) is 44.7 Å². The van der Waals surface area contributed by atoms with Gasteiger partial charge in [0.1, 0.15) is 11.6 Å². The summed E-state index contributed by atoms with van der Waals surface area (Å²) in [5.74, 6) is 2.63. The van der Waals surface area contributed by atoms with Gasteiger partial charge in [-0.1, -0.05) is 19.1 Å². The third-order valence-electron chi connectivity index (χ3n) is 5.24. The number of aromatic nitrogens is 5. The molecule has 0 saturated heterocycles. The Morgan fingerprint density at radius 1 is 1.22 bits per heavy atom. The molecule has 7 nitrogen and oxygen atoms in total. The van der Waals surface area contributed by atoms with Crippen LogP contribution in [-0.2, 0) is 6.54 Å². The fourth-order valence-corrected chi connectivity index (χ4v) is 3.94. The lowest BCUT2D eigenvalue weighted by molar-refractivity contribution is 0.0988. The molecule has 3 N–H and O–H groups in total. The van der Waals surface area contributed by atoms with Gasteiger partial charge in [0.15, 0.2) is 0 Å². The quantitative estimate of drug-likeness (QED) is 0.714. The summed E-state index contributed by atoms with van der Waals surface area (Å²) >= 11 is 0. The summed E-state index contributed by atoms with van der Waals surface area (Å²) in [4.78, 5) is 9.55. The summed E-state index contributed by atoms with van der Waals surface area (Å²) in [5.41, 5.74) is 8.19. The zero-order valence-electron chi connectivity index (χ0n) is 15.7. The largest absolute Gasteiger partial charge is 0.392 e. The molecule has 0 unspecified atom stereocenters. The van der Waals surface area contributed by atoms with Crippen LogP contribution in [0.4, 0.5) is 0 Å². The van der Waals surface area contributed by atoms with Crippen molar-refractivity contribution in [3.05, 3.63) is 35.9 Å². The van der Waals surface area contributed by atoms with Gasteiger partial charge in [-0.25, -0.2) is 9.97 Å². The van der Waals surface area contributed by atoms with Gasteiger partial charge in [-0.2, -0.15) is 4.68 Å². The van der Waals surface area contributed by atoms with Crippen LogP contribution in [0.15, 0.2) is 24.3 Å². The number of rotatable bonds is 4. The Bertz CT molecular complexity index is 920. The van der Waals surface area contributed by atoms with Gasteiger partial charge in [0.2, 0.25) is 5.95 Å². The Hall–Kier alpha value is -1.96. The maximum atomic E-state index is 9.96. The molecule has 1 fully saturated rings. The fourth-order valence-electron chi connectivity index (χ4n) is 3.94. The molecule has 0 spiro atoms. The predicted octanol–water partition coefficient (Wildman–Crippen LogP) is 2.71. The molecule has 146 valence electrons. The smallest absolute Gasteiger partial charge is 0.233 e. The highest BCUT2D eigenvalue weighted by Crippen LogP contribution is 2.33. The maximum Gasteiger partial charge on any atom is 0.233 e. The molecule has 4 rings (SSSR count). The second-order valence-corrected chi connectivity index (χ2v) is 7.22. The van der Waals surface area contributed by atoms with Gasteiger partial charge >= 0.3 is 0 Å². The van der Waals surface area contributed by atoms with Gasteiger partial charge in [0, 0.05) is 18.5 Å². The summed E-state index contributed by atoms with van der Waals surface area (Å²) in [6.07, 6.45) is 2.86. The van der Waals surface area contributed by atoms with Crippen molar-refractivity contribution in [2.75, 3.05) is 0 Å². The van der Waals surface area contributed by atoms with Crippen molar-refractivity contribution in [1.29, 1.82) is 0 Å². The molecule has 1 saturated carbocycles. The van der Waals surface area contributed by atoms with Crippen molar-refractivity contribution in [1.82, 2.24) is 24.3 Å². The van der Waals surface area contributed by atoms with Crippen LogP contribution in [0.25, 0.3) is 17.0 Å². The molecule has 2 aromatic heterocycles. The summed E-state index contributed by atoms with van der Waals surface area (Å²) in [7, 11) is 0. The lowest BCUT2D eigenvalue weighted by Crippen LogP contribution is -2.40. The molecule has 2 heterocycles. The van der Waals surface area contributed by atoms with Crippen molar-refractivity contribution in [3.8, 4) is 5.95 Å². The first kappa shape index (κ1) is 19.8. The number of aliphatic hydroxyl groups is 1. The van der Waals surface area contributed by atoms with Gasteiger partial charge in [-0.3, -0.25) is 0 Å². The molecule has 27 heavy (non-hydrogen) atoms. The molecule has 8 heteroatoms. The minimum atomic E-state index is -0.423. The molecular formula is C19H27ClN6O. The van der Waals surface area contributed by atoms with Crippen LogP contribution >= 0.6 is 12.4 Å². The van der Waals surface area contributed by atoms with Gasteiger partial charge < -0.3 is 15.4 Å². The molecule has 0 radical (unpaired) electrons. The second-order valence-electron chi connectivity index (χ2n) is 7.22. The first-order valence-electron chi connectivity index (χ1n) is 9.41. The number of nitrogens with zero attached hydrogens (tertiary/aromatic N) is 5. The van der Waals surface area contributed by atoms with Crippen LogP contribution in [-0.4, -0.2) is 41.6 Å². The first-order valence-corrected chi connectivity index (χ1v) is 9.41. The predicted molar refractivity (Wildman–Crippen MR) is 108 cm³/mol. The third-order valence-corrected chi connectivity index (χ3v) is 5.24. The molecule has 1 aliphatic carbocycles. The number of imidazole rings is 1. The lowest BCUT2D eigenvalue weighted by Gasteiger charge is -2.30. The van der Waals surface area contributed by atoms with Gasteiger partial charge in [0.25, 0.3) is 0 Å². The number of halogens is 1. The maximum absolute atomic E-state index is 9.96. The van der Waals surface area contributed by atoms with E-state index in [-0.39, 0.29) is 24.4 Å². The SMILES string of the molecule is CCCn1c(-n2nc(C)nc2[C@H]2CC[C@@H](O)[C@H](N)C2)nc2ccccc21.Cl. The van der Waals surface area contributed by atoms with Crippen molar-refractivity contribution >= 4 is 23.4 Å². The highest BCUT2D eigenvalue weighted by atomic mass is 35.5. The Balaban J connectivity index is 0.00000210. The molecule has 0 aliphatic heterocycles. The van der Waals surface area contributed by atoms with Crippen LogP contribution in [0.3, 0.4) is 0 Å². The Labute approximate surface area is 165 Å². The minimum absolute atomic E-state index is 0. The minimum Gasteiger partial charge on any atom is -0.392 e. The zero-order chi connectivity index (χ0) is 18.3. The molecule has 0 amide bonds. The van der Waals surface area contributed by atoms with E-state index >= 15 is 0 Å². The average molecular weight is 391 g/mol. The number of benzene rings is 1. The topological polar surface area (TPSA) is 94.8 Å². The average Bonchev–Trinajstić information content (AvgIpc) is 3.19. The van der Waals surface area contributed by atoms with Gasteiger partial charge in [-0.15, -0.1) is 17.5 Å². The van der Waals surface area contributed by atoms with Crippen LogP contribution in [0.2, 0.25) is 0 Å². The van der Waals surface area contributed by atoms with Crippen LogP contribution < -0.4 is 5.73 Å². The normalized spacial score (nSPS) is 22.7. The van der Waals surface area contributed by atoms with E-state index in [9.17, 15) is 5.11 Å². The van der Waals surface area contributed by atoms with Crippen molar-refractivity contribution in [3.63, 3.8) is 0 Å². The molecule has 1 aliphatic rings. The molecule has 0 bridgehead atoms. The second kappa shape index (κ2) is 7.96. The number of fused-ring (bicyclic) bond motifs is 1. The number of aryl methyl sites for hydroxylation is 2. The molecule has 3 atom stereocenters. The van der Waals surface area contributed by atoms with E-state index in [1.165, 1.54) is 0 Å². The Kier molecular flexibility index (Phi) is 5.83. The third kappa shape index (κ3) is 3.59. The number of nitrogens with two attached hydrogens (primary N) is 1. The number of aliphatic hydroxyl groups excluding tert-OH is 1. The number of hydrogen-bond donors (Lipinski definition) is 2. The highest BCUT2D eigenvalue weighted by Gasteiger charge is 2.31. The molecule has 1 aromatic carbocycles. The molecule has 3 aromatic rings. The van der Waals surface area contributed by atoms with Gasteiger partial charge in [0.05, 0.1) is 17.1 Å². The lowest BCUT2D eigenvalue weighted by atomic mass is 9.84. The van der Waals surface area contributed by atoms with E-state index in [4.69, 9.17) is 15.7 Å². The van der Waals surface area contributed by atoms with Crippen molar-refractivity contribution in [2.45, 2.75) is 64.1 Å². The summed E-state index contributed by atoms with van der Waals surface area (Å²) in [6, 6.07) is 7.95. The summed E-state index contributed by atoms with van der Waals surface area (Å²) in [5, 5.41) is 14.6. The van der Waals surface area contributed by atoms with Crippen molar-refractivity contribution < 1.29 is 5.11 Å². The molecular weight excluding hydrogens is 364 g/mol. The first-order chi connectivity index (χ1) is 12.6. The van der Waals surface area contributed by atoms with Crippen LogP contribution in [0.1, 0.15) is 50.2 Å². The monoisotopic (exact) mass is 390 g/mol. The number of hydrogen-bond acceptors (Lipinski definition) is 5. The van der Waals surface area contributed by atoms with Crippen LogP contribution in [0.5, 0.6) is 0 Å². The van der Waals surface area contributed by atoms with E-state index < -0.39 is 6.10 Å². The van der Waals surface area contributed by atoms with E-state index in [1.807, 2.05) is 29.8 Å². The van der Waals surface area contributed by atoms with Crippen LogP contribution in [0, 0.1) is 6.92 Å². The van der Waals surface area contributed by atoms with E-state index in [0.29, 0.717) is 12.8 Å². The van der Waals surface area contributed by atoms with Crippen molar-refractivity contribution in [2.24, 2.45) is 5.73 Å². The highest BCUT2D eigenvalue weighted by molar-refractivity contribution is 5.85. The Morgan fingerprint density at radius 3 is 2.74 bits per heavy atom. The van der Waals surface area contributed by atoms with E-state index in [1.54, 1.807) is 0 Å². The van der Waals surface area contributed by atoms with E-state index in [2.05, 4.69) is 22.7 Å². The Morgan fingerprint density at radius 2 is 2.00 bits per heavy atom. The zero-order valence-corrected chi connectivity index (χ0v) is 16.6. The summed E-state index contributed by atoms with van der Waals surface area (Å²) in [6.45, 7) is 4.94. The summed E-state index contributed by atoms with van der Waals surface area (Å²) < 4.78 is 4.10. The standard InChI is InChI=1S/C19H26N6O.ClH/c1-3-10-24-16-7-5-4-6-15(16)22-19(24)25-18(21-12(2)23-25)13-8-9-17(26)14(20)11-13;/h4-7,13-14,17,26H,3,8-11,20H2,1-2H3;1H/t13-,14+,17+;/m0./s1. The number of para-hydroxylation sites is 2.